The predicted octanol–water partition coefficient (Wildman–Crippen LogP) is 4.66. The molecular weight excluding hydrogens is 300 g/mol. The third kappa shape index (κ3) is 16.9. The van der Waals surface area contributed by atoms with Crippen molar-refractivity contribution in [3.8, 4) is 0 Å². The lowest BCUT2D eigenvalue weighted by Gasteiger charge is -2.02. The van der Waals surface area contributed by atoms with Gasteiger partial charge in [0.1, 0.15) is 5.78 Å². The third-order valence-electron chi connectivity index (χ3n) is 3.55. The highest BCUT2D eigenvalue weighted by Gasteiger charge is 1.99. The molecule has 0 saturated heterocycles. The maximum Gasteiger partial charge on any atom is 0.129 e. The summed E-state index contributed by atoms with van der Waals surface area (Å²) in [5.41, 5.74) is 0. The Morgan fingerprint density at radius 1 is 0.917 bits per heavy atom. The highest BCUT2D eigenvalue weighted by atomic mass is 16.3. The van der Waals surface area contributed by atoms with E-state index >= 15 is 0 Å². The third-order valence-corrected chi connectivity index (χ3v) is 3.55. The molecule has 0 spiro atoms. The number of rotatable bonds is 14. The van der Waals surface area contributed by atoms with Crippen molar-refractivity contribution < 1.29 is 15.0 Å². The van der Waals surface area contributed by atoms with Gasteiger partial charge in [0.2, 0.25) is 0 Å². The molecule has 0 amide bonds. The molecular formula is C21H34O3. The first kappa shape index (κ1) is 22.6. The second kappa shape index (κ2) is 16.4. The lowest BCUT2D eigenvalue weighted by atomic mass is 10.1. The van der Waals surface area contributed by atoms with Gasteiger partial charge in [-0.25, -0.2) is 0 Å². The summed E-state index contributed by atoms with van der Waals surface area (Å²) in [6, 6.07) is 0. The number of unbranched alkanes of at least 4 members (excludes halogenated alkanes) is 3. The highest BCUT2D eigenvalue weighted by molar-refractivity contribution is 5.75. The summed E-state index contributed by atoms with van der Waals surface area (Å²) in [6.45, 7) is 3.75. The Morgan fingerprint density at radius 3 is 2.21 bits per heavy atom. The molecule has 24 heavy (non-hydrogen) atoms. The zero-order valence-electron chi connectivity index (χ0n) is 15.2. The van der Waals surface area contributed by atoms with Gasteiger partial charge in [0, 0.05) is 6.42 Å². The fourth-order valence-corrected chi connectivity index (χ4v) is 2.11. The van der Waals surface area contributed by atoms with Crippen LogP contribution in [0.1, 0.15) is 65.2 Å². The SMILES string of the molecule is CCCCC/C=C\C[C@@H](O)/C=C/C=C/C=C\[C@@H](O)CCCC(C)=O. The Hall–Kier alpha value is -1.45. The van der Waals surface area contributed by atoms with Crippen molar-refractivity contribution in [2.24, 2.45) is 0 Å². The Balaban J connectivity index is 3.81. The Morgan fingerprint density at radius 2 is 1.58 bits per heavy atom. The normalized spacial score (nSPS) is 15.2. The zero-order valence-corrected chi connectivity index (χ0v) is 15.2. The van der Waals surface area contributed by atoms with Crippen LogP contribution in [0.4, 0.5) is 0 Å². The van der Waals surface area contributed by atoms with Crippen LogP contribution >= 0.6 is 0 Å². The van der Waals surface area contributed by atoms with E-state index in [0.29, 0.717) is 25.7 Å². The number of hydrogen-bond donors (Lipinski definition) is 2. The summed E-state index contributed by atoms with van der Waals surface area (Å²) in [5, 5.41) is 19.5. The monoisotopic (exact) mass is 334 g/mol. The first-order chi connectivity index (χ1) is 11.6. The van der Waals surface area contributed by atoms with Crippen LogP contribution in [-0.2, 0) is 4.79 Å². The molecule has 0 aromatic carbocycles. The van der Waals surface area contributed by atoms with E-state index in [0.717, 1.165) is 6.42 Å². The van der Waals surface area contributed by atoms with Gasteiger partial charge in [-0.15, -0.1) is 0 Å². The highest BCUT2D eigenvalue weighted by Crippen LogP contribution is 2.03. The molecule has 0 fully saturated rings. The van der Waals surface area contributed by atoms with Crippen LogP contribution in [-0.4, -0.2) is 28.2 Å². The fraction of sp³-hybridized carbons (Fsp3) is 0.571. The second-order valence-corrected chi connectivity index (χ2v) is 6.09. The zero-order chi connectivity index (χ0) is 18.0. The molecule has 0 aromatic rings. The molecule has 2 atom stereocenters. The van der Waals surface area contributed by atoms with Gasteiger partial charge in [-0.3, -0.25) is 0 Å². The number of carbonyl (C=O) groups excluding carboxylic acids is 1. The van der Waals surface area contributed by atoms with Gasteiger partial charge in [0.05, 0.1) is 12.2 Å². The summed E-state index contributed by atoms with van der Waals surface area (Å²) < 4.78 is 0. The quantitative estimate of drug-likeness (QED) is 0.276. The van der Waals surface area contributed by atoms with E-state index in [1.165, 1.54) is 19.3 Å². The van der Waals surface area contributed by atoms with Crippen molar-refractivity contribution in [1.82, 2.24) is 0 Å². The van der Waals surface area contributed by atoms with E-state index in [4.69, 9.17) is 0 Å². The molecule has 2 N–H and O–H groups in total. The summed E-state index contributed by atoms with van der Waals surface area (Å²) >= 11 is 0. The number of aliphatic hydroxyl groups is 2. The molecule has 0 heterocycles. The first-order valence-electron chi connectivity index (χ1n) is 9.08. The van der Waals surface area contributed by atoms with E-state index < -0.39 is 12.2 Å². The van der Waals surface area contributed by atoms with E-state index in [9.17, 15) is 15.0 Å². The standard InChI is InChI=1S/C21H34O3/c1-3-4-5-6-7-10-15-20(23)16-11-8-9-12-17-21(24)18-13-14-19(2)22/h7-12,16-17,20-21,23-24H,3-6,13-15,18H2,1-2H3/b9-8+,10-7-,16-11+,17-12-/t20-,21-/m1/s1. The van der Waals surface area contributed by atoms with Crippen LogP contribution in [0.25, 0.3) is 0 Å². The molecule has 136 valence electrons. The number of hydrogen-bond acceptors (Lipinski definition) is 3. The van der Waals surface area contributed by atoms with E-state index in [-0.39, 0.29) is 5.78 Å². The van der Waals surface area contributed by atoms with Crippen LogP contribution in [0, 0.1) is 0 Å². The topological polar surface area (TPSA) is 57.5 Å². The fourth-order valence-electron chi connectivity index (χ4n) is 2.11. The van der Waals surface area contributed by atoms with Gasteiger partial charge < -0.3 is 15.0 Å². The summed E-state index contributed by atoms with van der Waals surface area (Å²) in [7, 11) is 0. The average Bonchev–Trinajstić information content (AvgIpc) is 2.53. The minimum Gasteiger partial charge on any atom is -0.389 e. The maximum absolute atomic E-state index is 10.8. The molecule has 0 aliphatic carbocycles. The number of carbonyl (C=O) groups is 1. The maximum atomic E-state index is 10.8. The molecule has 0 aliphatic heterocycles. The lowest BCUT2D eigenvalue weighted by molar-refractivity contribution is -0.117. The Labute approximate surface area is 147 Å². The van der Waals surface area contributed by atoms with Crippen LogP contribution in [0.3, 0.4) is 0 Å². The van der Waals surface area contributed by atoms with E-state index in [1.54, 1.807) is 25.2 Å². The van der Waals surface area contributed by atoms with Crippen LogP contribution in [0.2, 0.25) is 0 Å². The van der Waals surface area contributed by atoms with Crippen molar-refractivity contribution in [3.63, 3.8) is 0 Å². The van der Waals surface area contributed by atoms with Crippen LogP contribution in [0.5, 0.6) is 0 Å². The van der Waals surface area contributed by atoms with Gasteiger partial charge in [-0.2, -0.15) is 0 Å². The van der Waals surface area contributed by atoms with Crippen LogP contribution in [0.15, 0.2) is 48.6 Å². The largest absolute Gasteiger partial charge is 0.389 e. The van der Waals surface area contributed by atoms with Crippen molar-refractivity contribution in [2.45, 2.75) is 77.4 Å². The van der Waals surface area contributed by atoms with Crippen molar-refractivity contribution in [2.75, 3.05) is 0 Å². The number of allylic oxidation sites excluding steroid dienone is 5. The molecule has 0 rings (SSSR count). The summed E-state index contributed by atoms with van der Waals surface area (Å²) in [5.74, 6) is 0.158. The van der Waals surface area contributed by atoms with E-state index in [1.807, 2.05) is 24.3 Å². The number of ketones is 1. The van der Waals surface area contributed by atoms with Gasteiger partial charge in [0.25, 0.3) is 0 Å². The first-order valence-corrected chi connectivity index (χ1v) is 9.08. The van der Waals surface area contributed by atoms with Gasteiger partial charge in [-0.1, -0.05) is 68.4 Å². The van der Waals surface area contributed by atoms with Gasteiger partial charge >= 0.3 is 0 Å². The molecule has 0 aromatic heterocycles. The van der Waals surface area contributed by atoms with Crippen LogP contribution < -0.4 is 0 Å². The second-order valence-electron chi connectivity index (χ2n) is 6.09. The van der Waals surface area contributed by atoms with Crippen molar-refractivity contribution in [3.05, 3.63) is 48.6 Å². The minimum absolute atomic E-state index is 0.158. The number of aliphatic hydroxyl groups excluding tert-OH is 2. The van der Waals surface area contributed by atoms with Crippen molar-refractivity contribution in [1.29, 1.82) is 0 Å². The van der Waals surface area contributed by atoms with Gasteiger partial charge in [-0.05, 0) is 39.0 Å². The Kier molecular flexibility index (Phi) is 15.4. The minimum atomic E-state index is -0.513. The summed E-state index contributed by atoms with van der Waals surface area (Å²) in [4.78, 5) is 10.8. The molecule has 3 heteroatoms. The lowest BCUT2D eigenvalue weighted by Crippen LogP contribution is -2.02. The predicted molar refractivity (Wildman–Crippen MR) is 102 cm³/mol. The molecule has 0 unspecified atom stereocenters. The number of Topliss-reactive ketones (excluding diaryl/α,β-unsaturated/α-hetero) is 1. The Bertz CT molecular complexity index is 419. The molecule has 0 saturated carbocycles. The molecule has 0 bridgehead atoms. The van der Waals surface area contributed by atoms with Gasteiger partial charge in [0.15, 0.2) is 0 Å². The summed E-state index contributed by atoms with van der Waals surface area (Å²) in [6.07, 6.45) is 21.2. The molecule has 0 radical (unpaired) electrons. The average molecular weight is 335 g/mol. The van der Waals surface area contributed by atoms with Crippen molar-refractivity contribution >= 4 is 5.78 Å². The van der Waals surface area contributed by atoms with E-state index in [2.05, 4.69) is 13.0 Å². The molecule has 0 aliphatic rings. The molecule has 3 nitrogen and oxygen atoms in total. The smallest absolute Gasteiger partial charge is 0.129 e.